The lowest BCUT2D eigenvalue weighted by molar-refractivity contribution is 0.0945. The normalized spacial score (nSPS) is 13.7. The molecule has 0 aliphatic carbocycles. The Balaban J connectivity index is 1.34. The number of rotatable bonds is 10. The third-order valence-electron chi connectivity index (χ3n) is 6.22. The monoisotopic (exact) mass is 629 g/mol. The molecule has 40 heavy (non-hydrogen) atoms. The van der Waals surface area contributed by atoms with Crippen molar-refractivity contribution in [3.05, 3.63) is 68.4 Å². The number of methoxy groups -OCH3 is 1. The van der Waals surface area contributed by atoms with E-state index in [9.17, 15) is 4.79 Å². The molecule has 3 N–H and O–H groups in total. The Morgan fingerprint density at radius 3 is 2.80 bits per heavy atom. The van der Waals surface area contributed by atoms with Crippen molar-refractivity contribution in [3.8, 4) is 17.3 Å². The van der Waals surface area contributed by atoms with Gasteiger partial charge in [0, 0.05) is 27.7 Å². The molecule has 0 atom stereocenters. The van der Waals surface area contributed by atoms with Crippen LogP contribution in [0.2, 0.25) is 5.02 Å². The fourth-order valence-electron chi connectivity index (χ4n) is 4.22. The molecule has 13 nitrogen and oxygen atoms in total. The van der Waals surface area contributed by atoms with Gasteiger partial charge < -0.3 is 15.2 Å². The molecule has 15 heteroatoms. The van der Waals surface area contributed by atoms with Crippen molar-refractivity contribution in [2.75, 3.05) is 25.9 Å². The number of hydrogen-bond acceptors (Lipinski definition) is 11. The van der Waals surface area contributed by atoms with Gasteiger partial charge in [-0.05, 0) is 64.3 Å². The zero-order valence-corrected chi connectivity index (χ0v) is 23.7. The van der Waals surface area contributed by atoms with Crippen LogP contribution in [0.15, 0.2) is 50.6 Å². The number of halogens is 2. The van der Waals surface area contributed by atoms with Gasteiger partial charge >= 0.3 is 0 Å². The summed E-state index contributed by atoms with van der Waals surface area (Å²) in [6.07, 6.45) is 3.63. The number of anilines is 1. The van der Waals surface area contributed by atoms with Crippen LogP contribution in [0.1, 0.15) is 40.2 Å². The van der Waals surface area contributed by atoms with E-state index in [0.29, 0.717) is 38.8 Å². The zero-order chi connectivity index (χ0) is 28.1. The molecule has 0 spiro atoms. The SMILES string of the molecule is COc1cc(OCc2ccccc2Cl)cc(Br)c1C=NNC(=O)c1c(CN2CCCC2)nnn1-c1nonc1N. The number of benzene rings is 2. The van der Waals surface area contributed by atoms with E-state index in [2.05, 4.69) is 52.0 Å². The summed E-state index contributed by atoms with van der Waals surface area (Å²) in [6.45, 7) is 2.54. The van der Waals surface area contributed by atoms with Gasteiger partial charge in [-0.1, -0.05) is 35.0 Å². The van der Waals surface area contributed by atoms with Gasteiger partial charge in [0.25, 0.3) is 5.91 Å². The number of hydrazone groups is 1. The predicted octanol–water partition coefficient (Wildman–Crippen LogP) is 3.60. The van der Waals surface area contributed by atoms with Gasteiger partial charge in [-0.25, -0.2) is 10.1 Å². The van der Waals surface area contributed by atoms with E-state index < -0.39 is 5.91 Å². The molecular formula is C25H25BrClN9O4. The Labute approximate surface area is 242 Å². The molecular weight excluding hydrogens is 606 g/mol. The number of likely N-dealkylation sites (tertiary alicyclic amines) is 1. The van der Waals surface area contributed by atoms with Gasteiger partial charge in [0.05, 0.1) is 18.9 Å². The molecule has 0 radical (unpaired) electrons. The molecule has 2 aromatic carbocycles. The third-order valence-corrected chi connectivity index (χ3v) is 7.25. The number of ether oxygens (including phenoxy) is 2. The summed E-state index contributed by atoms with van der Waals surface area (Å²) >= 11 is 9.76. The van der Waals surface area contributed by atoms with Crippen LogP contribution in [0.5, 0.6) is 11.5 Å². The van der Waals surface area contributed by atoms with E-state index in [0.717, 1.165) is 31.5 Å². The maximum atomic E-state index is 13.3. The van der Waals surface area contributed by atoms with E-state index in [4.69, 9.17) is 31.4 Å². The molecule has 3 heterocycles. The molecule has 1 aliphatic heterocycles. The Morgan fingerprint density at radius 2 is 2.08 bits per heavy atom. The molecule has 1 fully saturated rings. The zero-order valence-electron chi connectivity index (χ0n) is 21.4. The molecule has 5 rings (SSSR count). The van der Waals surface area contributed by atoms with Crippen LogP contribution in [0.25, 0.3) is 5.82 Å². The lowest BCUT2D eigenvalue weighted by Gasteiger charge is -2.13. The molecule has 1 amide bonds. The number of aromatic nitrogens is 5. The van der Waals surface area contributed by atoms with Crippen LogP contribution in [-0.4, -0.2) is 62.5 Å². The number of carbonyl (C=O) groups is 1. The second kappa shape index (κ2) is 12.4. The number of hydrogen-bond donors (Lipinski definition) is 2. The van der Waals surface area contributed by atoms with Crippen molar-refractivity contribution in [1.29, 1.82) is 0 Å². The van der Waals surface area contributed by atoms with Crippen molar-refractivity contribution in [3.63, 3.8) is 0 Å². The summed E-state index contributed by atoms with van der Waals surface area (Å²) in [5.74, 6) is 0.508. The summed E-state index contributed by atoms with van der Waals surface area (Å²) in [5, 5.41) is 20.4. The van der Waals surface area contributed by atoms with Gasteiger partial charge in [-0.15, -0.1) is 5.10 Å². The molecule has 0 saturated carbocycles. The first-order valence-electron chi connectivity index (χ1n) is 12.3. The first-order chi connectivity index (χ1) is 19.4. The van der Waals surface area contributed by atoms with Crippen LogP contribution in [0.3, 0.4) is 0 Å². The standard InChI is InChI=1S/C25H25BrClN9O4/c1-38-21-11-16(39-14-15-6-2-3-7-19(15)27)10-18(26)17(21)12-29-31-25(37)22-20(13-35-8-4-5-9-35)30-34-36(22)24-23(28)32-40-33-24/h2-3,6-7,10-12H,4-5,8-9,13-14H2,1H3,(H2,28,32)(H,31,37). The quantitative estimate of drug-likeness (QED) is 0.196. The number of nitrogens with two attached hydrogens (primary N) is 1. The summed E-state index contributed by atoms with van der Waals surface area (Å²) in [4.78, 5) is 15.5. The van der Waals surface area contributed by atoms with E-state index in [1.807, 2.05) is 18.2 Å². The highest BCUT2D eigenvalue weighted by molar-refractivity contribution is 9.10. The smallest absolute Gasteiger partial charge is 0.292 e. The summed E-state index contributed by atoms with van der Waals surface area (Å²) in [5.41, 5.74) is 10.4. The molecule has 1 saturated heterocycles. The van der Waals surface area contributed by atoms with Crippen LogP contribution in [-0.2, 0) is 13.2 Å². The molecule has 2 aromatic heterocycles. The van der Waals surface area contributed by atoms with Crippen molar-refractivity contribution >= 4 is 45.5 Å². The Hall–Kier alpha value is -4.01. The molecule has 0 unspecified atom stereocenters. The maximum absolute atomic E-state index is 13.3. The first kappa shape index (κ1) is 27.6. The third kappa shape index (κ3) is 6.08. The predicted molar refractivity (Wildman–Crippen MR) is 150 cm³/mol. The van der Waals surface area contributed by atoms with Gasteiger partial charge in [0.15, 0.2) is 5.69 Å². The maximum Gasteiger partial charge on any atom is 0.292 e. The Kier molecular flexibility index (Phi) is 8.57. The Bertz CT molecular complexity index is 1530. The number of nitrogen functional groups attached to an aromatic ring is 1. The van der Waals surface area contributed by atoms with Crippen LogP contribution in [0.4, 0.5) is 5.82 Å². The van der Waals surface area contributed by atoms with Crippen molar-refractivity contribution < 1.29 is 18.9 Å². The molecule has 1 aliphatic rings. The second-order valence-corrected chi connectivity index (χ2v) is 10.1. The second-order valence-electron chi connectivity index (χ2n) is 8.85. The van der Waals surface area contributed by atoms with Gasteiger partial charge in [-0.2, -0.15) is 9.78 Å². The van der Waals surface area contributed by atoms with Gasteiger partial charge in [-0.3, -0.25) is 9.69 Å². The average molecular weight is 631 g/mol. The van der Waals surface area contributed by atoms with Crippen molar-refractivity contribution in [1.82, 2.24) is 35.6 Å². The minimum atomic E-state index is -0.562. The van der Waals surface area contributed by atoms with Gasteiger partial charge in [0.1, 0.15) is 23.8 Å². The molecule has 4 aromatic rings. The topological polar surface area (TPSA) is 159 Å². The summed E-state index contributed by atoms with van der Waals surface area (Å²) in [7, 11) is 1.53. The van der Waals surface area contributed by atoms with E-state index in [1.165, 1.54) is 18.0 Å². The highest BCUT2D eigenvalue weighted by Crippen LogP contribution is 2.32. The lowest BCUT2D eigenvalue weighted by atomic mass is 10.2. The first-order valence-corrected chi connectivity index (χ1v) is 13.4. The summed E-state index contributed by atoms with van der Waals surface area (Å²) in [6, 6.07) is 10.9. The number of amides is 1. The van der Waals surface area contributed by atoms with E-state index >= 15 is 0 Å². The highest BCUT2D eigenvalue weighted by Gasteiger charge is 2.27. The van der Waals surface area contributed by atoms with E-state index in [-0.39, 0.29) is 23.9 Å². The number of nitrogens with zero attached hydrogens (tertiary/aromatic N) is 7. The Morgan fingerprint density at radius 1 is 1.27 bits per heavy atom. The molecule has 208 valence electrons. The van der Waals surface area contributed by atoms with Gasteiger partial charge in [0.2, 0.25) is 11.6 Å². The van der Waals surface area contributed by atoms with Crippen LogP contribution in [0, 0.1) is 0 Å². The summed E-state index contributed by atoms with van der Waals surface area (Å²) < 4.78 is 18.0. The number of carbonyl (C=O) groups excluding carboxylic acids is 1. The van der Waals surface area contributed by atoms with Crippen molar-refractivity contribution in [2.45, 2.75) is 26.0 Å². The fraction of sp³-hybridized carbons (Fsp3) is 0.280. The minimum Gasteiger partial charge on any atom is -0.496 e. The number of nitrogens with one attached hydrogen (secondary N) is 1. The highest BCUT2D eigenvalue weighted by atomic mass is 79.9. The fourth-order valence-corrected chi connectivity index (χ4v) is 4.93. The molecule has 0 bridgehead atoms. The van der Waals surface area contributed by atoms with Crippen molar-refractivity contribution in [2.24, 2.45) is 5.10 Å². The lowest BCUT2D eigenvalue weighted by Crippen LogP contribution is -2.26. The van der Waals surface area contributed by atoms with E-state index in [1.54, 1.807) is 18.2 Å². The van der Waals surface area contributed by atoms with Crippen LogP contribution < -0.4 is 20.6 Å². The van der Waals surface area contributed by atoms with Crippen LogP contribution >= 0.6 is 27.5 Å². The largest absolute Gasteiger partial charge is 0.496 e. The average Bonchev–Trinajstić information content (AvgIpc) is 3.71. The minimum absolute atomic E-state index is 0.0271.